The molecule has 0 radical (unpaired) electrons. The van der Waals surface area contributed by atoms with Crippen LogP contribution in [0.4, 0.5) is 5.69 Å². The molecule has 0 spiro atoms. The third kappa shape index (κ3) is 4.90. The van der Waals surface area contributed by atoms with Crippen LogP contribution in [0, 0.1) is 6.92 Å². The lowest BCUT2D eigenvalue weighted by molar-refractivity contribution is -0.113. The van der Waals surface area contributed by atoms with Gasteiger partial charge in [-0.25, -0.2) is 9.50 Å². The SMILES string of the molecule is CCN1CCN(c2ccc(-c3cnc4ccc(/C=C5\SC(N6CCCCC6)=NC5=O)nn34)cc2C)CC1. The maximum Gasteiger partial charge on any atom is 0.286 e. The Morgan fingerprint density at radius 1 is 0.973 bits per heavy atom. The van der Waals surface area contributed by atoms with E-state index in [1.807, 2.05) is 28.9 Å². The van der Waals surface area contributed by atoms with Gasteiger partial charge in [-0.15, -0.1) is 0 Å². The van der Waals surface area contributed by atoms with Gasteiger partial charge in [-0.1, -0.05) is 13.0 Å². The highest BCUT2D eigenvalue weighted by molar-refractivity contribution is 8.18. The summed E-state index contributed by atoms with van der Waals surface area (Å²) in [6, 6.07) is 10.5. The van der Waals surface area contributed by atoms with Gasteiger partial charge in [0.25, 0.3) is 5.91 Å². The van der Waals surface area contributed by atoms with Crippen molar-refractivity contribution in [3.05, 3.63) is 52.7 Å². The van der Waals surface area contributed by atoms with Crippen LogP contribution in [0.25, 0.3) is 23.0 Å². The topological polar surface area (TPSA) is 69.3 Å². The molecule has 0 aliphatic carbocycles. The minimum absolute atomic E-state index is 0.177. The van der Waals surface area contributed by atoms with Gasteiger partial charge in [0.1, 0.15) is 0 Å². The minimum Gasteiger partial charge on any atom is -0.369 e. The number of carbonyl (C=O) groups is 1. The molecule has 37 heavy (non-hydrogen) atoms. The van der Waals surface area contributed by atoms with Crippen LogP contribution in [0.1, 0.15) is 37.4 Å². The zero-order valence-corrected chi connectivity index (χ0v) is 22.4. The van der Waals surface area contributed by atoms with E-state index < -0.39 is 0 Å². The summed E-state index contributed by atoms with van der Waals surface area (Å²) in [5.74, 6) is -0.177. The first-order chi connectivity index (χ1) is 18.1. The number of thioether (sulfide) groups is 1. The largest absolute Gasteiger partial charge is 0.369 e. The zero-order valence-electron chi connectivity index (χ0n) is 21.6. The summed E-state index contributed by atoms with van der Waals surface area (Å²) >= 11 is 1.46. The van der Waals surface area contributed by atoms with Crippen molar-refractivity contribution < 1.29 is 4.79 Å². The molecule has 1 aromatic carbocycles. The Balaban J connectivity index is 1.24. The average molecular weight is 516 g/mol. The number of hydrogen-bond donors (Lipinski definition) is 0. The predicted molar refractivity (Wildman–Crippen MR) is 151 cm³/mol. The number of aliphatic imine (C=N–C) groups is 1. The summed E-state index contributed by atoms with van der Waals surface area (Å²) in [6.07, 6.45) is 7.29. The van der Waals surface area contributed by atoms with Gasteiger partial charge in [-0.3, -0.25) is 4.79 Å². The fraction of sp³-hybridized carbons (Fsp3) is 0.429. The van der Waals surface area contributed by atoms with Gasteiger partial charge < -0.3 is 14.7 Å². The van der Waals surface area contributed by atoms with Gasteiger partial charge in [0.05, 0.1) is 22.5 Å². The molecule has 3 aromatic rings. The van der Waals surface area contributed by atoms with Crippen LogP contribution in [0.15, 0.2) is 46.4 Å². The maximum atomic E-state index is 12.6. The van der Waals surface area contributed by atoms with E-state index in [0.29, 0.717) is 4.91 Å². The number of rotatable bonds is 4. The molecule has 0 atom stereocenters. The second-order valence-corrected chi connectivity index (χ2v) is 11.0. The first kappa shape index (κ1) is 24.2. The number of aromatic nitrogens is 3. The number of amidine groups is 1. The molecule has 192 valence electrons. The second-order valence-electron chi connectivity index (χ2n) is 9.95. The number of amides is 1. The van der Waals surface area contributed by atoms with Crippen LogP contribution in [0.5, 0.6) is 0 Å². The molecule has 1 amide bonds. The number of imidazole rings is 1. The van der Waals surface area contributed by atoms with E-state index in [0.717, 1.165) is 86.4 Å². The number of carbonyl (C=O) groups excluding carboxylic acids is 1. The Bertz CT molecular complexity index is 1380. The number of fused-ring (bicyclic) bond motifs is 1. The van der Waals surface area contributed by atoms with Crippen molar-refractivity contribution in [3.63, 3.8) is 0 Å². The quantitative estimate of drug-likeness (QED) is 0.480. The van der Waals surface area contributed by atoms with Gasteiger partial charge in [0.15, 0.2) is 10.8 Å². The monoisotopic (exact) mass is 515 g/mol. The molecule has 2 aromatic heterocycles. The predicted octanol–water partition coefficient (Wildman–Crippen LogP) is 4.30. The lowest BCUT2D eigenvalue weighted by Gasteiger charge is -2.36. The fourth-order valence-corrected chi connectivity index (χ4v) is 6.34. The molecule has 0 saturated carbocycles. The Hall–Kier alpha value is -3.17. The Morgan fingerprint density at radius 3 is 2.54 bits per heavy atom. The molecule has 6 rings (SSSR count). The van der Waals surface area contributed by atoms with Gasteiger partial charge >= 0.3 is 0 Å². The summed E-state index contributed by atoms with van der Waals surface area (Å²) < 4.78 is 1.87. The minimum atomic E-state index is -0.177. The Morgan fingerprint density at radius 2 is 1.78 bits per heavy atom. The number of piperidine rings is 1. The number of nitrogens with zero attached hydrogens (tertiary/aromatic N) is 7. The third-order valence-electron chi connectivity index (χ3n) is 7.55. The highest BCUT2D eigenvalue weighted by Crippen LogP contribution is 2.32. The van der Waals surface area contributed by atoms with Crippen molar-refractivity contribution in [2.24, 2.45) is 4.99 Å². The van der Waals surface area contributed by atoms with Crippen molar-refractivity contribution in [1.82, 2.24) is 24.4 Å². The average Bonchev–Trinajstić information content (AvgIpc) is 3.52. The zero-order chi connectivity index (χ0) is 25.4. The number of likely N-dealkylation sites (tertiary alicyclic amines) is 1. The maximum absolute atomic E-state index is 12.6. The number of anilines is 1. The van der Waals surface area contributed by atoms with Crippen LogP contribution in [0.2, 0.25) is 0 Å². The molecule has 3 aliphatic rings. The lowest BCUT2D eigenvalue weighted by Crippen LogP contribution is -2.46. The van der Waals surface area contributed by atoms with Crippen molar-refractivity contribution in [2.75, 3.05) is 50.7 Å². The number of piperazine rings is 1. The van der Waals surface area contributed by atoms with Crippen LogP contribution in [-0.2, 0) is 4.79 Å². The van der Waals surface area contributed by atoms with E-state index in [2.05, 4.69) is 56.7 Å². The number of likely N-dealkylation sites (N-methyl/N-ethyl adjacent to an activating group) is 1. The third-order valence-corrected chi connectivity index (χ3v) is 8.59. The standard InChI is InChI=1S/C28H33N7OS/c1-3-32-13-15-33(16-14-32)23-9-7-21(17-20(23)2)24-19-29-26-10-8-22(31-35(24)26)18-25-27(36)30-28(37-25)34-11-5-4-6-12-34/h7-10,17-19H,3-6,11-16H2,1-2H3/b25-18-. The van der Waals surface area contributed by atoms with Crippen molar-refractivity contribution >= 4 is 40.2 Å². The molecular weight excluding hydrogens is 482 g/mol. The molecule has 2 fully saturated rings. The van der Waals surface area contributed by atoms with Crippen LogP contribution in [0.3, 0.4) is 0 Å². The Kier molecular flexibility index (Phi) is 6.73. The molecule has 9 heteroatoms. The molecule has 2 saturated heterocycles. The molecule has 0 N–H and O–H groups in total. The molecular formula is C28H33N7OS. The molecule has 0 bridgehead atoms. The second kappa shape index (κ2) is 10.3. The van der Waals surface area contributed by atoms with Crippen LogP contribution < -0.4 is 4.90 Å². The van der Waals surface area contributed by atoms with Gasteiger partial charge in [-0.2, -0.15) is 10.1 Å². The molecule has 0 unspecified atom stereocenters. The molecule has 3 aliphatic heterocycles. The van der Waals surface area contributed by atoms with E-state index >= 15 is 0 Å². The van der Waals surface area contributed by atoms with E-state index in [9.17, 15) is 4.79 Å². The van der Waals surface area contributed by atoms with Gasteiger partial charge in [0.2, 0.25) is 0 Å². The Labute approximate surface area is 222 Å². The summed E-state index contributed by atoms with van der Waals surface area (Å²) in [6.45, 7) is 11.8. The summed E-state index contributed by atoms with van der Waals surface area (Å²) in [5, 5.41) is 5.66. The molecule has 8 nitrogen and oxygen atoms in total. The summed E-state index contributed by atoms with van der Waals surface area (Å²) in [4.78, 5) is 29.3. The highest BCUT2D eigenvalue weighted by Gasteiger charge is 2.27. The number of hydrogen-bond acceptors (Lipinski definition) is 7. The van der Waals surface area contributed by atoms with Crippen molar-refractivity contribution in [3.8, 4) is 11.3 Å². The van der Waals surface area contributed by atoms with E-state index in [1.165, 1.54) is 29.4 Å². The summed E-state index contributed by atoms with van der Waals surface area (Å²) in [5.41, 5.74) is 6.08. The van der Waals surface area contributed by atoms with Crippen molar-refractivity contribution in [2.45, 2.75) is 33.1 Å². The molecule has 5 heterocycles. The van der Waals surface area contributed by atoms with Crippen molar-refractivity contribution in [1.29, 1.82) is 0 Å². The fourth-order valence-electron chi connectivity index (χ4n) is 5.39. The van der Waals surface area contributed by atoms with E-state index in [1.54, 1.807) is 0 Å². The number of aryl methyl sites for hydroxylation is 1. The van der Waals surface area contributed by atoms with E-state index in [-0.39, 0.29) is 5.91 Å². The van der Waals surface area contributed by atoms with Crippen LogP contribution >= 0.6 is 11.8 Å². The van der Waals surface area contributed by atoms with Gasteiger partial charge in [-0.05, 0) is 80.4 Å². The van der Waals surface area contributed by atoms with Crippen LogP contribution in [-0.4, -0.2) is 81.3 Å². The first-order valence-corrected chi connectivity index (χ1v) is 14.1. The highest BCUT2D eigenvalue weighted by atomic mass is 32.2. The smallest absolute Gasteiger partial charge is 0.286 e. The normalized spacial score (nSPS) is 20.3. The van der Waals surface area contributed by atoms with E-state index in [4.69, 9.17) is 5.10 Å². The first-order valence-electron chi connectivity index (χ1n) is 13.3. The lowest BCUT2D eigenvalue weighted by atomic mass is 10.1. The van der Waals surface area contributed by atoms with Gasteiger partial charge in [0, 0.05) is 50.5 Å². The number of benzene rings is 1. The summed E-state index contributed by atoms with van der Waals surface area (Å²) in [7, 11) is 0.